The van der Waals surface area contributed by atoms with Gasteiger partial charge in [0.25, 0.3) is 0 Å². The van der Waals surface area contributed by atoms with Crippen LogP contribution in [-0.4, -0.2) is 39.8 Å². The van der Waals surface area contributed by atoms with Crippen molar-refractivity contribution >= 4 is 17.9 Å². The van der Waals surface area contributed by atoms with Crippen LogP contribution in [0.5, 0.6) is 0 Å². The smallest absolute Gasteiger partial charge is 0.244 e. The molecule has 2 aromatic carbocycles. The lowest BCUT2D eigenvalue weighted by Gasteiger charge is -2.35. The molecule has 4 atom stereocenters. The van der Waals surface area contributed by atoms with E-state index in [-0.39, 0.29) is 23.8 Å². The van der Waals surface area contributed by atoms with Crippen molar-refractivity contribution in [3.8, 4) is 11.8 Å². The highest BCUT2D eigenvalue weighted by Gasteiger charge is 2.48. The highest BCUT2D eigenvalue weighted by Crippen LogP contribution is 2.39. The lowest BCUT2D eigenvalue weighted by Crippen LogP contribution is -2.51. The lowest BCUT2D eigenvalue weighted by molar-refractivity contribution is 0.228. The monoisotopic (exact) mass is 376 g/mol. The Labute approximate surface area is 162 Å². The van der Waals surface area contributed by atoms with Crippen molar-refractivity contribution in [2.24, 2.45) is 11.8 Å². The second-order valence-electron chi connectivity index (χ2n) is 7.14. The van der Waals surface area contributed by atoms with E-state index in [1.54, 1.807) is 28.6 Å². The van der Waals surface area contributed by atoms with Gasteiger partial charge in [0.05, 0.1) is 18.9 Å². The quantitative estimate of drug-likeness (QED) is 0.646. The first-order valence-electron chi connectivity index (χ1n) is 9.18. The second kappa shape index (κ2) is 7.51. The normalized spacial score (nSPS) is 28.1. The van der Waals surface area contributed by atoms with Crippen LogP contribution in [0.4, 0.5) is 0 Å². The fraction of sp³-hybridized carbons (Fsp3) is 0.333. The van der Waals surface area contributed by atoms with Crippen molar-refractivity contribution in [1.29, 1.82) is 0 Å². The zero-order valence-electron chi connectivity index (χ0n) is 15.0. The molecule has 6 heteroatoms. The summed E-state index contributed by atoms with van der Waals surface area (Å²) in [6, 6.07) is 18.4. The topological polar surface area (TPSA) is 49.4 Å². The molecule has 0 saturated carbocycles. The highest BCUT2D eigenvalue weighted by atomic mass is 32.2. The predicted octanol–water partition coefficient (Wildman–Crippen LogP) is 2.25. The van der Waals surface area contributed by atoms with Gasteiger partial charge in [0.2, 0.25) is 10.0 Å². The Bertz CT molecular complexity index is 954. The summed E-state index contributed by atoms with van der Waals surface area (Å²) in [5.41, 5.74) is 0.937. The molecular weight excluding hydrogens is 355 g/mol. The maximum atomic E-state index is 13.2. The summed E-state index contributed by atoms with van der Waals surface area (Å²) in [4.78, 5) is 0.317. The summed E-state index contributed by atoms with van der Waals surface area (Å²) >= 11 is 0. The van der Waals surface area contributed by atoms with Crippen LogP contribution in [0.2, 0.25) is 5.82 Å². The van der Waals surface area contributed by atoms with Gasteiger partial charge in [-0.05, 0) is 30.8 Å². The Kier molecular flexibility index (Phi) is 5.09. The summed E-state index contributed by atoms with van der Waals surface area (Å²) in [7, 11) is 2.57. The van der Waals surface area contributed by atoms with E-state index in [1.165, 1.54) is 0 Å². The highest BCUT2D eigenvalue weighted by molar-refractivity contribution is 7.89. The Morgan fingerprint density at radius 3 is 2.41 bits per heavy atom. The number of hydrogen-bond donors (Lipinski definition) is 1. The molecule has 2 fully saturated rings. The minimum Gasteiger partial charge on any atom is -0.301 e. The molecule has 2 heterocycles. The molecule has 2 aliphatic rings. The van der Waals surface area contributed by atoms with Gasteiger partial charge in [0, 0.05) is 23.9 Å². The third kappa shape index (κ3) is 3.68. The number of sulfonamides is 1. The summed E-state index contributed by atoms with van der Waals surface area (Å²) in [6.07, 6.45) is 0.511. The van der Waals surface area contributed by atoms with Crippen LogP contribution < -0.4 is 5.32 Å². The van der Waals surface area contributed by atoms with E-state index in [0.717, 1.165) is 12.0 Å². The molecule has 2 aliphatic heterocycles. The number of benzene rings is 2. The summed E-state index contributed by atoms with van der Waals surface area (Å²) in [5, 5.41) is 3.34. The van der Waals surface area contributed by atoms with Crippen LogP contribution in [0.1, 0.15) is 12.0 Å². The standard InChI is InChI=1S/C21H21BN2O2S/c22-18-13-20-17(12-11-16-7-3-1-4-8-16)15-24(21(20)23-14-18)27(25,26)19-9-5-2-6-10-19/h1-10,17-18,20-21,23H,13-15H2. The SMILES string of the molecule is [B]C1CNC2C(C1)C(C#Cc1ccccc1)CN2S(=O)(=O)c1ccccc1. The number of nitrogens with one attached hydrogen (secondary N) is 1. The van der Waals surface area contributed by atoms with E-state index in [4.69, 9.17) is 7.85 Å². The number of hydrogen-bond acceptors (Lipinski definition) is 3. The molecule has 0 bridgehead atoms. The van der Waals surface area contributed by atoms with E-state index in [1.807, 2.05) is 36.4 Å². The Balaban J connectivity index is 1.66. The molecule has 2 radical (unpaired) electrons. The predicted molar refractivity (Wildman–Crippen MR) is 107 cm³/mol. The first-order chi connectivity index (χ1) is 13.1. The molecule has 2 aromatic rings. The van der Waals surface area contributed by atoms with E-state index < -0.39 is 10.0 Å². The molecule has 27 heavy (non-hydrogen) atoms. The van der Waals surface area contributed by atoms with Crippen molar-refractivity contribution in [3.05, 3.63) is 66.2 Å². The zero-order chi connectivity index (χ0) is 18.9. The molecule has 0 amide bonds. The third-order valence-electron chi connectivity index (χ3n) is 5.30. The molecule has 2 saturated heterocycles. The van der Waals surface area contributed by atoms with Gasteiger partial charge in [-0.2, -0.15) is 4.31 Å². The summed E-state index contributed by atoms with van der Waals surface area (Å²) < 4.78 is 28.0. The molecule has 0 spiro atoms. The van der Waals surface area contributed by atoms with E-state index >= 15 is 0 Å². The van der Waals surface area contributed by atoms with E-state index in [9.17, 15) is 8.42 Å². The second-order valence-corrected chi connectivity index (χ2v) is 9.03. The van der Waals surface area contributed by atoms with Gasteiger partial charge in [-0.25, -0.2) is 8.42 Å². The van der Waals surface area contributed by atoms with Gasteiger partial charge < -0.3 is 5.32 Å². The first-order valence-corrected chi connectivity index (χ1v) is 10.6. The van der Waals surface area contributed by atoms with Crippen molar-refractivity contribution in [2.75, 3.05) is 13.1 Å². The average molecular weight is 376 g/mol. The molecule has 4 nitrogen and oxygen atoms in total. The zero-order valence-corrected chi connectivity index (χ0v) is 15.8. The fourth-order valence-corrected chi connectivity index (χ4v) is 5.61. The van der Waals surface area contributed by atoms with Gasteiger partial charge in [0.1, 0.15) is 0 Å². The van der Waals surface area contributed by atoms with Crippen LogP contribution in [0.25, 0.3) is 0 Å². The lowest BCUT2D eigenvalue weighted by atomic mass is 9.73. The van der Waals surface area contributed by atoms with Crippen molar-refractivity contribution in [1.82, 2.24) is 9.62 Å². The van der Waals surface area contributed by atoms with Gasteiger partial charge in [-0.3, -0.25) is 0 Å². The molecule has 136 valence electrons. The number of piperidine rings is 1. The number of fused-ring (bicyclic) bond motifs is 1. The van der Waals surface area contributed by atoms with Gasteiger partial charge in [0.15, 0.2) is 0 Å². The molecule has 0 aromatic heterocycles. The van der Waals surface area contributed by atoms with Crippen molar-refractivity contribution in [2.45, 2.75) is 23.3 Å². The molecule has 1 N–H and O–H groups in total. The fourth-order valence-electron chi connectivity index (χ4n) is 3.95. The Hall–Kier alpha value is -2.07. The van der Waals surface area contributed by atoms with Gasteiger partial charge >= 0.3 is 0 Å². The van der Waals surface area contributed by atoms with Crippen LogP contribution in [0.3, 0.4) is 0 Å². The minimum atomic E-state index is -3.58. The molecule has 0 aliphatic carbocycles. The summed E-state index contributed by atoms with van der Waals surface area (Å²) in [5.74, 6) is 6.58. The van der Waals surface area contributed by atoms with Gasteiger partial charge in [-0.1, -0.05) is 60.5 Å². The maximum Gasteiger partial charge on any atom is 0.244 e. The Morgan fingerprint density at radius 2 is 1.70 bits per heavy atom. The van der Waals surface area contributed by atoms with Crippen molar-refractivity contribution in [3.63, 3.8) is 0 Å². The molecule has 4 rings (SSSR count). The van der Waals surface area contributed by atoms with Crippen molar-refractivity contribution < 1.29 is 8.42 Å². The third-order valence-corrected chi connectivity index (χ3v) is 7.16. The van der Waals surface area contributed by atoms with Gasteiger partial charge in [-0.15, -0.1) is 0 Å². The van der Waals surface area contributed by atoms with Crippen LogP contribution in [-0.2, 0) is 10.0 Å². The Morgan fingerprint density at radius 1 is 1.04 bits per heavy atom. The van der Waals surface area contributed by atoms with E-state index in [0.29, 0.717) is 18.0 Å². The number of nitrogens with zero attached hydrogens (tertiary/aromatic N) is 1. The van der Waals surface area contributed by atoms with Crippen LogP contribution >= 0.6 is 0 Å². The largest absolute Gasteiger partial charge is 0.301 e. The van der Waals surface area contributed by atoms with Crippen LogP contribution in [0, 0.1) is 23.7 Å². The van der Waals surface area contributed by atoms with Crippen LogP contribution in [0.15, 0.2) is 65.6 Å². The first kappa shape index (κ1) is 18.3. The average Bonchev–Trinajstić information content (AvgIpc) is 3.06. The summed E-state index contributed by atoms with van der Waals surface area (Å²) in [6.45, 7) is 0.993. The number of rotatable bonds is 2. The minimum absolute atomic E-state index is 0.0201. The molecular formula is C21H21BN2O2S. The maximum absolute atomic E-state index is 13.2. The molecule has 4 unspecified atom stereocenters. The van der Waals surface area contributed by atoms with E-state index in [2.05, 4.69) is 17.2 Å².